The molecule has 1 aromatic carbocycles. The van der Waals surface area contributed by atoms with Crippen LogP contribution in [0.3, 0.4) is 0 Å². The molecule has 0 spiro atoms. The van der Waals surface area contributed by atoms with E-state index in [4.69, 9.17) is 15.1 Å². The van der Waals surface area contributed by atoms with E-state index in [1.807, 2.05) is 6.07 Å². The first kappa shape index (κ1) is 13.7. The largest absolute Gasteiger partial charge is 0.478 e. The second-order valence-electron chi connectivity index (χ2n) is 3.56. The van der Waals surface area contributed by atoms with Crippen LogP contribution in [0, 0.1) is 11.3 Å². The van der Waals surface area contributed by atoms with Crippen molar-refractivity contribution in [2.75, 3.05) is 6.61 Å². The van der Waals surface area contributed by atoms with Gasteiger partial charge in [-0.15, -0.1) is 0 Å². The topological polar surface area (TPSA) is 87.4 Å². The van der Waals surface area contributed by atoms with Crippen molar-refractivity contribution in [1.82, 2.24) is 0 Å². The van der Waals surface area contributed by atoms with Gasteiger partial charge in [-0.25, -0.2) is 9.59 Å². The quantitative estimate of drug-likeness (QED) is 0.804. The molecule has 0 unspecified atom stereocenters. The Balaban J connectivity index is 3.12. The number of nitrogens with zero attached hydrogens (tertiary/aromatic N) is 1. The maximum Gasteiger partial charge on any atom is 0.338 e. The summed E-state index contributed by atoms with van der Waals surface area (Å²) in [4.78, 5) is 22.5. The molecular formula is C13H13NO4. The summed E-state index contributed by atoms with van der Waals surface area (Å²) < 4.78 is 4.88. The third-order valence-corrected chi connectivity index (χ3v) is 2.35. The third-order valence-electron chi connectivity index (χ3n) is 2.35. The maximum atomic E-state index is 11.7. The van der Waals surface area contributed by atoms with Gasteiger partial charge in [0.05, 0.1) is 23.8 Å². The van der Waals surface area contributed by atoms with Crippen molar-refractivity contribution in [2.45, 2.75) is 19.8 Å². The molecule has 5 nitrogen and oxygen atoms in total. The number of aryl methyl sites for hydroxylation is 1. The Morgan fingerprint density at radius 2 is 2.17 bits per heavy atom. The number of carbonyl (C=O) groups excluding carboxylic acids is 1. The number of ether oxygens (including phenoxy) is 1. The van der Waals surface area contributed by atoms with Crippen molar-refractivity contribution in [3.63, 3.8) is 0 Å². The van der Waals surface area contributed by atoms with Crippen LogP contribution in [0.25, 0.3) is 0 Å². The van der Waals surface area contributed by atoms with Crippen LogP contribution in [0.5, 0.6) is 0 Å². The second kappa shape index (κ2) is 6.40. The van der Waals surface area contributed by atoms with Crippen LogP contribution in [0.1, 0.15) is 39.6 Å². The highest BCUT2D eigenvalue weighted by Crippen LogP contribution is 2.15. The molecule has 0 saturated heterocycles. The van der Waals surface area contributed by atoms with Crippen molar-refractivity contribution in [3.8, 4) is 6.07 Å². The molecule has 1 aromatic rings. The highest BCUT2D eigenvalue weighted by atomic mass is 16.5. The van der Waals surface area contributed by atoms with Crippen molar-refractivity contribution in [3.05, 3.63) is 34.9 Å². The van der Waals surface area contributed by atoms with Crippen LogP contribution >= 0.6 is 0 Å². The molecule has 94 valence electrons. The first-order valence-electron chi connectivity index (χ1n) is 5.50. The summed E-state index contributed by atoms with van der Waals surface area (Å²) in [6.45, 7) is 1.94. The van der Waals surface area contributed by atoms with Crippen LogP contribution in [0.4, 0.5) is 0 Å². The number of benzene rings is 1. The van der Waals surface area contributed by atoms with Gasteiger partial charge in [0.25, 0.3) is 0 Å². The number of carboxylic acid groups (broad SMARTS) is 1. The van der Waals surface area contributed by atoms with Gasteiger partial charge in [-0.2, -0.15) is 5.26 Å². The molecule has 0 radical (unpaired) electrons. The average molecular weight is 247 g/mol. The van der Waals surface area contributed by atoms with Crippen molar-refractivity contribution in [2.24, 2.45) is 0 Å². The van der Waals surface area contributed by atoms with E-state index in [9.17, 15) is 9.59 Å². The number of esters is 1. The smallest absolute Gasteiger partial charge is 0.338 e. The molecule has 0 saturated carbocycles. The zero-order valence-corrected chi connectivity index (χ0v) is 9.97. The van der Waals surface area contributed by atoms with E-state index in [-0.39, 0.29) is 18.6 Å². The Morgan fingerprint density at radius 3 is 2.72 bits per heavy atom. The maximum absolute atomic E-state index is 11.7. The number of hydrogen-bond acceptors (Lipinski definition) is 4. The van der Waals surface area contributed by atoms with E-state index < -0.39 is 11.9 Å². The normalized spacial score (nSPS) is 9.56. The van der Waals surface area contributed by atoms with E-state index >= 15 is 0 Å². The number of rotatable bonds is 5. The summed E-state index contributed by atoms with van der Waals surface area (Å²) in [6, 6.07) is 6.15. The first-order chi connectivity index (χ1) is 8.60. The van der Waals surface area contributed by atoms with Gasteiger partial charge >= 0.3 is 11.9 Å². The van der Waals surface area contributed by atoms with Crippen LogP contribution < -0.4 is 0 Å². The Kier molecular flexibility index (Phi) is 4.88. The predicted octanol–water partition coefficient (Wildman–Crippen LogP) is 2.02. The first-order valence-corrected chi connectivity index (χ1v) is 5.50. The summed E-state index contributed by atoms with van der Waals surface area (Å²) in [7, 11) is 0. The molecule has 0 atom stereocenters. The lowest BCUT2D eigenvalue weighted by Gasteiger charge is -2.08. The van der Waals surface area contributed by atoms with Gasteiger partial charge in [-0.1, -0.05) is 0 Å². The predicted molar refractivity (Wildman–Crippen MR) is 63.3 cm³/mol. The molecule has 0 aliphatic rings. The Bertz CT molecular complexity index is 502. The van der Waals surface area contributed by atoms with E-state index in [0.29, 0.717) is 17.5 Å². The molecule has 0 fully saturated rings. The highest BCUT2D eigenvalue weighted by molar-refractivity contribution is 5.94. The molecule has 5 heteroatoms. The van der Waals surface area contributed by atoms with Gasteiger partial charge in [0.2, 0.25) is 0 Å². The molecular weight excluding hydrogens is 234 g/mol. The number of hydrogen-bond donors (Lipinski definition) is 1. The summed E-state index contributed by atoms with van der Waals surface area (Å²) in [5.41, 5.74) is 0.933. The minimum absolute atomic E-state index is 0.0935. The Hall–Kier alpha value is -2.35. The van der Waals surface area contributed by atoms with E-state index in [1.54, 1.807) is 6.92 Å². The molecule has 0 aliphatic heterocycles. The minimum Gasteiger partial charge on any atom is -0.478 e. The summed E-state index contributed by atoms with van der Waals surface area (Å²) >= 11 is 0. The van der Waals surface area contributed by atoms with Gasteiger partial charge in [0.1, 0.15) is 0 Å². The Morgan fingerprint density at radius 1 is 1.44 bits per heavy atom. The van der Waals surface area contributed by atoms with Gasteiger partial charge in [0, 0.05) is 6.42 Å². The monoisotopic (exact) mass is 247 g/mol. The summed E-state index contributed by atoms with van der Waals surface area (Å²) in [6.07, 6.45) is 0.543. The molecule has 0 aromatic heterocycles. The average Bonchev–Trinajstić information content (AvgIpc) is 2.36. The number of aromatic carboxylic acids is 1. The zero-order chi connectivity index (χ0) is 13.5. The molecule has 18 heavy (non-hydrogen) atoms. The van der Waals surface area contributed by atoms with Crippen LogP contribution in [-0.2, 0) is 11.2 Å². The molecule has 0 aliphatic carbocycles. The number of carbonyl (C=O) groups is 2. The van der Waals surface area contributed by atoms with Crippen LogP contribution in [0.15, 0.2) is 18.2 Å². The third kappa shape index (κ3) is 3.32. The lowest BCUT2D eigenvalue weighted by molar-refractivity contribution is 0.0523. The van der Waals surface area contributed by atoms with E-state index in [1.165, 1.54) is 18.2 Å². The fourth-order valence-electron chi connectivity index (χ4n) is 1.53. The van der Waals surface area contributed by atoms with Gasteiger partial charge in [0.15, 0.2) is 0 Å². The number of nitriles is 1. The second-order valence-corrected chi connectivity index (χ2v) is 3.56. The molecule has 0 bridgehead atoms. The summed E-state index contributed by atoms with van der Waals surface area (Å²) in [5.74, 6) is -1.56. The van der Waals surface area contributed by atoms with Crippen molar-refractivity contribution >= 4 is 11.9 Å². The van der Waals surface area contributed by atoms with Crippen molar-refractivity contribution in [1.29, 1.82) is 5.26 Å². The molecule has 1 N–H and O–H groups in total. The lowest BCUT2D eigenvalue weighted by Crippen LogP contribution is -2.10. The highest BCUT2D eigenvalue weighted by Gasteiger charge is 2.14. The SMILES string of the molecule is CCOC(=O)c1ccc(C(=O)O)cc1CCC#N. The van der Waals surface area contributed by atoms with E-state index in [0.717, 1.165) is 0 Å². The van der Waals surface area contributed by atoms with Gasteiger partial charge in [-0.3, -0.25) is 0 Å². The molecule has 0 amide bonds. The van der Waals surface area contributed by atoms with Crippen molar-refractivity contribution < 1.29 is 19.4 Å². The molecule has 1 rings (SSSR count). The van der Waals surface area contributed by atoms with E-state index in [2.05, 4.69) is 0 Å². The molecule has 0 heterocycles. The van der Waals surface area contributed by atoms with Crippen LogP contribution in [-0.4, -0.2) is 23.7 Å². The Labute approximate surface area is 105 Å². The fourth-order valence-corrected chi connectivity index (χ4v) is 1.53. The number of carboxylic acids is 1. The summed E-state index contributed by atoms with van der Waals surface area (Å²) in [5, 5.41) is 17.4. The minimum atomic E-state index is -1.07. The zero-order valence-electron chi connectivity index (χ0n) is 9.97. The van der Waals surface area contributed by atoms with Gasteiger partial charge < -0.3 is 9.84 Å². The van der Waals surface area contributed by atoms with Gasteiger partial charge in [-0.05, 0) is 37.1 Å². The fraction of sp³-hybridized carbons (Fsp3) is 0.308. The standard InChI is InChI=1S/C13H13NO4/c1-2-18-13(17)11-6-5-10(12(15)16)8-9(11)4-3-7-14/h5-6,8H,2-4H2,1H3,(H,15,16). The van der Waals surface area contributed by atoms with Crippen LogP contribution in [0.2, 0.25) is 0 Å². The lowest BCUT2D eigenvalue weighted by atomic mass is 10.00.